The Kier molecular flexibility index (Phi) is 4.07. The van der Waals surface area contributed by atoms with Gasteiger partial charge in [0.15, 0.2) is 0 Å². The lowest BCUT2D eigenvalue weighted by molar-refractivity contribution is -0.673. The van der Waals surface area contributed by atoms with Crippen LogP contribution in [0.25, 0.3) is 16.6 Å². The summed E-state index contributed by atoms with van der Waals surface area (Å²) < 4.78 is 1.83. The first-order valence-electron chi connectivity index (χ1n) is 7.44. The standard InChI is InChI=1S/C17H16N4O.ClH/c18-17(22)15-3-1-2-13-10-21(20-16(13)15)14-5-4-12-9-19-7-6-11(12)8-14;/h1-5,8,10,19H,6-7,9H2,(H2,18,22);1H. The van der Waals surface area contributed by atoms with Crippen molar-refractivity contribution in [3.8, 4) is 5.69 Å². The van der Waals surface area contributed by atoms with Gasteiger partial charge >= 0.3 is 0 Å². The quantitative estimate of drug-likeness (QED) is 0.557. The fourth-order valence-electron chi connectivity index (χ4n) is 3.08. The molecule has 1 aromatic heterocycles. The van der Waals surface area contributed by atoms with Gasteiger partial charge in [0, 0.05) is 23.6 Å². The number of amides is 1. The maximum atomic E-state index is 11.5. The molecule has 3 aromatic rings. The first kappa shape index (κ1) is 15.5. The summed E-state index contributed by atoms with van der Waals surface area (Å²) in [6.45, 7) is 2.17. The van der Waals surface area contributed by atoms with Crippen LogP contribution in [0.1, 0.15) is 21.5 Å². The van der Waals surface area contributed by atoms with Gasteiger partial charge in [-0.25, -0.2) is 4.68 Å². The molecule has 0 unspecified atom stereocenters. The molecule has 5 nitrogen and oxygen atoms in total. The number of aromatic nitrogens is 2. The number of halogens is 1. The van der Waals surface area contributed by atoms with E-state index < -0.39 is 5.91 Å². The molecule has 0 saturated heterocycles. The summed E-state index contributed by atoms with van der Waals surface area (Å²) in [4.78, 5) is 11.5. The van der Waals surface area contributed by atoms with Gasteiger partial charge in [-0.1, -0.05) is 18.2 Å². The molecular weight excluding hydrogens is 312 g/mol. The Labute approximate surface area is 139 Å². The van der Waals surface area contributed by atoms with E-state index in [0.29, 0.717) is 11.1 Å². The minimum atomic E-state index is -0.447. The van der Waals surface area contributed by atoms with E-state index in [-0.39, 0.29) is 12.4 Å². The van der Waals surface area contributed by atoms with Crippen molar-refractivity contribution >= 4 is 16.8 Å². The third-order valence-electron chi connectivity index (χ3n) is 4.24. The third-order valence-corrected chi connectivity index (χ3v) is 4.24. The van der Waals surface area contributed by atoms with Crippen LogP contribution in [-0.4, -0.2) is 22.2 Å². The number of nitrogens with two attached hydrogens (primary N) is 2. The normalized spacial score (nSPS) is 13.4. The third kappa shape index (κ3) is 2.69. The van der Waals surface area contributed by atoms with E-state index in [2.05, 4.69) is 28.6 Å². The molecule has 4 rings (SSSR count). The summed E-state index contributed by atoms with van der Waals surface area (Å²) in [5.41, 5.74) is 10.3. The number of benzene rings is 2. The zero-order valence-electron chi connectivity index (χ0n) is 12.5. The predicted octanol–water partition coefficient (Wildman–Crippen LogP) is -2.25. The van der Waals surface area contributed by atoms with E-state index in [0.717, 1.165) is 30.6 Å². The molecule has 118 valence electrons. The maximum Gasteiger partial charge on any atom is 0.250 e. The van der Waals surface area contributed by atoms with Gasteiger partial charge in [-0.3, -0.25) is 4.79 Å². The van der Waals surface area contributed by atoms with Crippen molar-refractivity contribution < 1.29 is 22.5 Å². The molecule has 2 heterocycles. The van der Waals surface area contributed by atoms with E-state index in [1.165, 1.54) is 11.1 Å². The molecule has 1 aliphatic rings. The summed E-state index contributed by atoms with van der Waals surface area (Å²) in [7, 11) is 0. The second-order valence-corrected chi connectivity index (χ2v) is 5.67. The van der Waals surface area contributed by atoms with Gasteiger partial charge in [0.1, 0.15) is 12.1 Å². The van der Waals surface area contributed by atoms with Gasteiger partial charge in [-0.15, -0.1) is 0 Å². The molecule has 0 spiro atoms. The number of hydrogen-bond acceptors (Lipinski definition) is 2. The smallest absolute Gasteiger partial charge is 0.250 e. The molecule has 0 radical (unpaired) electrons. The average molecular weight is 329 g/mol. The number of quaternary nitrogens is 1. The predicted molar refractivity (Wildman–Crippen MR) is 83.8 cm³/mol. The number of fused-ring (bicyclic) bond motifs is 2. The van der Waals surface area contributed by atoms with Crippen molar-refractivity contribution in [2.75, 3.05) is 6.54 Å². The van der Waals surface area contributed by atoms with Crippen molar-refractivity contribution in [1.82, 2.24) is 9.78 Å². The number of carbonyl (C=O) groups excluding carboxylic acids is 1. The van der Waals surface area contributed by atoms with Gasteiger partial charge in [0.25, 0.3) is 5.91 Å². The number of carbonyl (C=O) groups is 1. The van der Waals surface area contributed by atoms with Gasteiger partial charge < -0.3 is 23.5 Å². The zero-order chi connectivity index (χ0) is 15.1. The Morgan fingerprint density at radius 3 is 2.91 bits per heavy atom. The number of hydrogen-bond donors (Lipinski definition) is 2. The van der Waals surface area contributed by atoms with Crippen LogP contribution in [0.5, 0.6) is 0 Å². The van der Waals surface area contributed by atoms with Gasteiger partial charge in [0.05, 0.1) is 17.8 Å². The molecule has 0 aliphatic carbocycles. The highest BCUT2D eigenvalue weighted by Gasteiger charge is 2.14. The van der Waals surface area contributed by atoms with Gasteiger partial charge in [-0.2, -0.15) is 5.10 Å². The van der Waals surface area contributed by atoms with E-state index in [1.807, 2.05) is 23.0 Å². The summed E-state index contributed by atoms with van der Waals surface area (Å²) in [6.07, 6.45) is 3.02. The molecule has 1 aliphatic heterocycles. The largest absolute Gasteiger partial charge is 1.00 e. The fraction of sp³-hybridized carbons (Fsp3) is 0.176. The number of rotatable bonds is 2. The molecular formula is C17H17ClN4O. The fourth-order valence-corrected chi connectivity index (χ4v) is 3.08. The zero-order valence-corrected chi connectivity index (χ0v) is 13.3. The summed E-state index contributed by atoms with van der Waals surface area (Å²) in [5, 5.41) is 7.80. The highest BCUT2D eigenvalue weighted by Crippen LogP contribution is 2.21. The second-order valence-electron chi connectivity index (χ2n) is 5.67. The molecule has 1 amide bonds. The first-order chi connectivity index (χ1) is 10.7. The molecule has 0 saturated carbocycles. The Morgan fingerprint density at radius 2 is 2.09 bits per heavy atom. The highest BCUT2D eigenvalue weighted by molar-refractivity contribution is 6.04. The van der Waals surface area contributed by atoms with E-state index >= 15 is 0 Å². The summed E-state index contributed by atoms with van der Waals surface area (Å²) in [5.74, 6) is -0.447. The number of nitrogens with zero attached hydrogens (tertiary/aromatic N) is 2. The van der Waals surface area contributed by atoms with Crippen molar-refractivity contribution in [3.05, 3.63) is 59.3 Å². The summed E-state index contributed by atoms with van der Waals surface area (Å²) in [6, 6.07) is 11.9. The molecule has 0 atom stereocenters. The first-order valence-corrected chi connectivity index (χ1v) is 7.44. The van der Waals surface area contributed by atoms with E-state index in [9.17, 15) is 4.79 Å². The van der Waals surface area contributed by atoms with Crippen molar-refractivity contribution in [2.24, 2.45) is 5.73 Å². The number of primary amides is 1. The molecule has 2 aromatic carbocycles. The van der Waals surface area contributed by atoms with Crippen LogP contribution < -0.4 is 23.5 Å². The Hall–Kier alpha value is -2.37. The van der Waals surface area contributed by atoms with Crippen LogP contribution in [0.3, 0.4) is 0 Å². The lowest BCUT2D eigenvalue weighted by Crippen LogP contribution is -3.00. The van der Waals surface area contributed by atoms with Crippen molar-refractivity contribution in [3.63, 3.8) is 0 Å². The molecule has 4 N–H and O–H groups in total. The Morgan fingerprint density at radius 1 is 1.22 bits per heavy atom. The topological polar surface area (TPSA) is 77.5 Å². The SMILES string of the molecule is NC(=O)c1cccc2cn(-c3ccc4c(c3)CC[NH2+]C4)nc12.[Cl-]. The Balaban J connectivity index is 0.00000156. The molecule has 6 heteroatoms. The van der Waals surface area contributed by atoms with Crippen molar-refractivity contribution in [1.29, 1.82) is 0 Å². The molecule has 23 heavy (non-hydrogen) atoms. The molecule has 0 fully saturated rings. The lowest BCUT2D eigenvalue weighted by Gasteiger charge is -2.15. The Bertz CT molecular complexity index is 887. The van der Waals surface area contributed by atoms with E-state index in [1.54, 1.807) is 6.07 Å². The highest BCUT2D eigenvalue weighted by atomic mass is 35.5. The van der Waals surface area contributed by atoms with Crippen LogP contribution in [0, 0.1) is 0 Å². The lowest BCUT2D eigenvalue weighted by atomic mass is 10.0. The van der Waals surface area contributed by atoms with Crippen LogP contribution in [0.15, 0.2) is 42.6 Å². The van der Waals surface area contributed by atoms with Crippen LogP contribution in [0.4, 0.5) is 0 Å². The van der Waals surface area contributed by atoms with Crippen LogP contribution in [0.2, 0.25) is 0 Å². The maximum absolute atomic E-state index is 11.5. The average Bonchev–Trinajstić information content (AvgIpc) is 2.98. The summed E-state index contributed by atoms with van der Waals surface area (Å²) >= 11 is 0. The van der Waals surface area contributed by atoms with Gasteiger partial charge in [0.2, 0.25) is 0 Å². The monoisotopic (exact) mass is 328 g/mol. The minimum absolute atomic E-state index is 0. The van der Waals surface area contributed by atoms with E-state index in [4.69, 9.17) is 5.73 Å². The second kappa shape index (κ2) is 6.02. The van der Waals surface area contributed by atoms with Crippen molar-refractivity contribution in [2.45, 2.75) is 13.0 Å². The minimum Gasteiger partial charge on any atom is -1.00 e. The van der Waals surface area contributed by atoms with Gasteiger partial charge in [-0.05, 0) is 23.8 Å². The van der Waals surface area contributed by atoms with Crippen LogP contribution >= 0.6 is 0 Å². The molecule has 0 bridgehead atoms. The van der Waals surface area contributed by atoms with Crippen LogP contribution in [-0.2, 0) is 13.0 Å².